The van der Waals surface area contributed by atoms with Gasteiger partial charge in [0.25, 0.3) is 0 Å². The van der Waals surface area contributed by atoms with E-state index in [1.807, 2.05) is 24.3 Å². The highest BCUT2D eigenvalue weighted by atomic mass is 32.1. The lowest BCUT2D eigenvalue weighted by atomic mass is 10.4. The molecule has 0 aliphatic carbocycles. The number of hydrogen-bond acceptors (Lipinski definition) is 5. The van der Waals surface area contributed by atoms with Crippen molar-refractivity contribution in [2.75, 3.05) is 19.1 Å². The third-order valence-electron chi connectivity index (χ3n) is 2.76. The van der Waals surface area contributed by atoms with Crippen LogP contribution in [0.5, 0.6) is 0 Å². The predicted molar refractivity (Wildman–Crippen MR) is 73.8 cm³/mol. The summed E-state index contributed by atoms with van der Waals surface area (Å²) < 4.78 is 18.3. The maximum Gasteiger partial charge on any atom is 0.214 e. The first-order valence-corrected chi connectivity index (χ1v) is 6.79. The number of hydrogen-bond donors (Lipinski definition) is 0. The maximum atomic E-state index is 13.1. The van der Waals surface area contributed by atoms with Gasteiger partial charge in [0.05, 0.1) is 12.2 Å². The monoisotopic (exact) mass is 281 g/mol. The highest BCUT2D eigenvalue weighted by molar-refractivity contribution is 7.09. The van der Waals surface area contributed by atoms with E-state index in [0.29, 0.717) is 12.4 Å². The van der Waals surface area contributed by atoms with Crippen molar-refractivity contribution in [3.63, 3.8) is 0 Å². The summed E-state index contributed by atoms with van der Waals surface area (Å²) in [6, 6.07) is 4.75. The van der Waals surface area contributed by atoms with Crippen molar-refractivity contribution in [1.29, 1.82) is 0 Å². The average Bonchev–Trinajstić information content (AvgIpc) is 2.86. The molecule has 0 aliphatic heterocycles. The zero-order chi connectivity index (χ0) is 13.8. The molecule has 0 saturated carbocycles. The Morgan fingerprint density at radius 2 is 2.21 bits per heavy atom. The number of rotatable bonds is 5. The van der Waals surface area contributed by atoms with Crippen molar-refractivity contribution in [2.45, 2.75) is 19.6 Å². The quantitative estimate of drug-likeness (QED) is 0.790. The van der Waals surface area contributed by atoms with Crippen LogP contribution in [-0.4, -0.2) is 24.1 Å². The van der Waals surface area contributed by atoms with Gasteiger partial charge < -0.3 is 9.64 Å². The fourth-order valence-corrected chi connectivity index (χ4v) is 2.46. The van der Waals surface area contributed by atoms with Crippen molar-refractivity contribution in [3.8, 4) is 0 Å². The molecule has 2 aromatic heterocycles. The van der Waals surface area contributed by atoms with Crippen LogP contribution in [-0.2, 0) is 11.3 Å². The third-order valence-corrected chi connectivity index (χ3v) is 3.82. The minimum Gasteiger partial charge on any atom is -0.375 e. The first kappa shape index (κ1) is 13.9. The molecule has 2 heterocycles. The van der Waals surface area contributed by atoms with E-state index in [2.05, 4.69) is 9.97 Å². The van der Waals surface area contributed by atoms with E-state index in [-0.39, 0.29) is 6.10 Å². The summed E-state index contributed by atoms with van der Waals surface area (Å²) in [6.45, 7) is 2.55. The molecule has 0 aliphatic rings. The fourth-order valence-electron chi connectivity index (χ4n) is 1.62. The summed E-state index contributed by atoms with van der Waals surface area (Å²) in [4.78, 5) is 10.2. The molecule has 1 unspecified atom stereocenters. The SMILES string of the molecule is COC(C)c1nc(CN(C)c2cccc(F)n2)cs1. The Kier molecular flexibility index (Phi) is 4.44. The molecule has 0 spiro atoms. The molecular weight excluding hydrogens is 265 g/mol. The highest BCUT2D eigenvalue weighted by Crippen LogP contribution is 2.21. The summed E-state index contributed by atoms with van der Waals surface area (Å²) in [6.07, 6.45) is -0.00338. The van der Waals surface area contributed by atoms with Crippen molar-refractivity contribution in [2.24, 2.45) is 0 Å². The number of ether oxygens (including phenoxy) is 1. The van der Waals surface area contributed by atoms with Crippen LogP contribution in [0.1, 0.15) is 23.7 Å². The Bertz CT molecular complexity index is 546. The number of thiazole rings is 1. The Hall–Kier alpha value is -1.53. The van der Waals surface area contributed by atoms with E-state index in [1.165, 1.54) is 6.07 Å². The van der Waals surface area contributed by atoms with Gasteiger partial charge in [-0.15, -0.1) is 11.3 Å². The van der Waals surface area contributed by atoms with Gasteiger partial charge in [-0.1, -0.05) is 6.07 Å². The third kappa shape index (κ3) is 3.48. The molecule has 2 aromatic rings. The summed E-state index contributed by atoms with van der Waals surface area (Å²) in [5.74, 6) is 0.116. The van der Waals surface area contributed by atoms with Crippen LogP contribution < -0.4 is 4.90 Å². The van der Waals surface area contributed by atoms with Crippen LogP contribution >= 0.6 is 11.3 Å². The summed E-state index contributed by atoms with van der Waals surface area (Å²) >= 11 is 1.57. The van der Waals surface area contributed by atoms with Crippen LogP contribution in [0, 0.1) is 5.95 Å². The zero-order valence-electron chi connectivity index (χ0n) is 11.1. The second kappa shape index (κ2) is 6.08. The van der Waals surface area contributed by atoms with E-state index in [9.17, 15) is 4.39 Å². The molecule has 4 nitrogen and oxygen atoms in total. The van der Waals surface area contributed by atoms with Crippen LogP contribution in [0.2, 0.25) is 0 Å². The van der Waals surface area contributed by atoms with E-state index >= 15 is 0 Å². The smallest absolute Gasteiger partial charge is 0.214 e. The fraction of sp³-hybridized carbons (Fsp3) is 0.385. The van der Waals surface area contributed by atoms with Gasteiger partial charge in [0, 0.05) is 19.5 Å². The lowest BCUT2D eigenvalue weighted by Crippen LogP contribution is -2.18. The van der Waals surface area contributed by atoms with Gasteiger partial charge in [-0.05, 0) is 19.1 Å². The normalized spacial score (nSPS) is 12.4. The second-order valence-corrected chi connectivity index (χ2v) is 5.12. The summed E-state index contributed by atoms with van der Waals surface area (Å²) in [5, 5.41) is 2.93. The molecule has 0 radical (unpaired) electrons. The Morgan fingerprint density at radius 1 is 1.42 bits per heavy atom. The van der Waals surface area contributed by atoms with Gasteiger partial charge in [-0.2, -0.15) is 4.39 Å². The van der Waals surface area contributed by atoms with Gasteiger partial charge in [-0.3, -0.25) is 0 Å². The summed E-state index contributed by atoms with van der Waals surface area (Å²) in [5.41, 5.74) is 0.928. The van der Waals surface area contributed by atoms with Crippen molar-refractivity contribution >= 4 is 17.2 Å². The number of aromatic nitrogens is 2. The van der Waals surface area contributed by atoms with E-state index in [1.54, 1.807) is 30.6 Å². The van der Waals surface area contributed by atoms with Gasteiger partial charge >= 0.3 is 0 Å². The first-order valence-electron chi connectivity index (χ1n) is 5.91. The molecule has 1 atom stereocenters. The molecule has 6 heteroatoms. The van der Waals surface area contributed by atoms with E-state index < -0.39 is 5.95 Å². The molecule has 0 amide bonds. The topological polar surface area (TPSA) is 38.2 Å². The lowest BCUT2D eigenvalue weighted by molar-refractivity contribution is 0.119. The number of pyridine rings is 1. The minimum absolute atomic E-state index is 0.00338. The molecule has 0 N–H and O–H groups in total. The zero-order valence-corrected chi connectivity index (χ0v) is 11.9. The molecule has 0 aromatic carbocycles. The largest absolute Gasteiger partial charge is 0.375 e. The van der Waals surface area contributed by atoms with Gasteiger partial charge in [0.1, 0.15) is 16.9 Å². The molecule has 0 saturated heterocycles. The molecule has 0 fully saturated rings. The minimum atomic E-state index is -0.476. The first-order chi connectivity index (χ1) is 9.10. The molecule has 0 bridgehead atoms. The van der Waals surface area contributed by atoms with Gasteiger partial charge in [0.2, 0.25) is 5.95 Å². The average molecular weight is 281 g/mol. The Balaban J connectivity index is 2.06. The lowest BCUT2D eigenvalue weighted by Gasteiger charge is -2.16. The second-order valence-electron chi connectivity index (χ2n) is 4.23. The van der Waals surface area contributed by atoms with E-state index in [4.69, 9.17) is 4.74 Å². The van der Waals surface area contributed by atoms with Crippen molar-refractivity contribution in [1.82, 2.24) is 9.97 Å². The van der Waals surface area contributed by atoms with E-state index in [0.717, 1.165) is 10.7 Å². The highest BCUT2D eigenvalue weighted by Gasteiger charge is 2.11. The van der Waals surface area contributed by atoms with Gasteiger partial charge in [-0.25, -0.2) is 9.97 Å². The molecule has 19 heavy (non-hydrogen) atoms. The maximum absolute atomic E-state index is 13.1. The summed E-state index contributed by atoms with van der Waals surface area (Å²) in [7, 11) is 3.52. The van der Waals surface area contributed by atoms with Crippen LogP contribution in [0.3, 0.4) is 0 Å². The number of halogens is 1. The van der Waals surface area contributed by atoms with Crippen LogP contribution in [0.25, 0.3) is 0 Å². The number of nitrogens with zero attached hydrogens (tertiary/aromatic N) is 3. The Morgan fingerprint density at radius 3 is 2.89 bits per heavy atom. The van der Waals surface area contributed by atoms with Crippen molar-refractivity contribution in [3.05, 3.63) is 40.2 Å². The number of anilines is 1. The van der Waals surface area contributed by atoms with Crippen LogP contribution in [0.4, 0.5) is 10.2 Å². The standard InChI is InChI=1S/C13H16FN3OS/c1-9(18-3)13-15-10(8-19-13)7-17(2)12-6-4-5-11(14)16-12/h4-6,8-9H,7H2,1-3H3. The molecule has 102 valence electrons. The Labute approximate surface area is 115 Å². The predicted octanol–water partition coefficient (Wildman–Crippen LogP) is 3.02. The number of methoxy groups -OCH3 is 1. The van der Waals surface area contributed by atoms with Crippen LogP contribution in [0.15, 0.2) is 23.6 Å². The molecule has 2 rings (SSSR count). The van der Waals surface area contributed by atoms with Gasteiger partial charge in [0.15, 0.2) is 0 Å². The molecular formula is C13H16FN3OS. The van der Waals surface area contributed by atoms with Crippen molar-refractivity contribution < 1.29 is 9.13 Å².